The van der Waals surface area contributed by atoms with Crippen LogP contribution in [0, 0.1) is 0 Å². The van der Waals surface area contributed by atoms with E-state index in [1.807, 2.05) is 6.07 Å². The van der Waals surface area contributed by atoms with Crippen LogP contribution in [0.15, 0.2) is 6.07 Å². The summed E-state index contributed by atoms with van der Waals surface area (Å²) in [7, 11) is 1.64. The van der Waals surface area contributed by atoms with Gasteiger partial charge in [-0.2, -0.15) is 4.98 Å². The van der Waals surface area contributed by atoms with E-state index in [-0.39, 0.29) is 5.95 Å². The summed E-state index contributed by atoms with van der Waals surface area (Å²) in [6, 6.07) is 1.98. The van der Waals surface area contributed by atoms with Crippen molar-refractivity contribution >= 4 is 11.8 Å². The van der Waals surface area contributed by atoms with Gasteiger partial charge in [0.15, 0.2) is 5.82 Å². The molecule has 1 aliphatic heterocycles. The molecule has 0 spiro atoms. The van der Waals surface area contributed by atoms with Crippen molar-refractivity contribution in [3.05, 3.63) is 23.4 Å². The molecule has 0 aromatic carbocycles. The van der Waals surface area contributed by atoms with Crippen LogP contribution in [-0.4, -0.2) is 52.0 Å². The average Bonchev–Trinajstić information content (AvgIpc) is 3.19. The number of methoxy groups -OCH3 is 1. The number of rotatable bonds is 7. The molecule has 0 radical (unpaired) electrons. The molecule has 1 aliphatic rings. The van der Waals surface area contributed by atoms with Crippen LogP contribution in [0.3, 0.4) is 0 Å². The lowest BCUT2D eigenvalue weighted by Gasteiger charge is -2.12. The van der Waals surface area contributed by atoms with E-state index in [0.717, 1.165) is 30.4 Å². The highest BCUT2D eigenvalue weighted by molar-refractivity contribution is 5.37. The second-order valence-corrected chi connectivity index (χ2v) is 5.40. The third kappa shape index (κ3) is 4.14. The minimum atomic E-state index is 0.257. The SMILES string of the molecule is COCc1nc(NCCc2nc(N)n[nH]2)cc(C2CCOC2)n1. The molecule has 4 N–H and O–H groups in total. The van der Waals surface area contributed by atoms with E-state index in [0.29, 0.717) is 37.9 Å². The van der Waals surface area contributed by atoms with Crippen LogP contribution in [0.2, 0.25) is 0 Å². The topological polar surface area (TPSA) is 124 Å². The molecule has 0 amide bonds. The van der Waals surface area contributed by atoms with Crippen LogP contribution in [0.1, 0.15) is 29.7 Å². The Labute approximate surface area is 134 Å². The summed E-state index contributed by atoms with van der Waals surface area (Å²) in [5.41, 5.74) is 6.48. The first-order chi connectivity index (χ1) is 11.2. The van der Waals surface area contributed by atoms with E-state index in [2.05, 4.69) is 30.5 Å². The molecule has 3 heterocycles. The number of nitrogens with one attached hydrogen (secondary N) is 2. The van der Waals surface area contributed by atoms with Gasteiger partial charge in [-0.1, -0.05) is 0 Å². The zero-order chi connectivity index (χ0) is 16.1. The number of anilines is 2. The third-order valence-electron chi connectivity index (χ3n) is 3.63. The van der Waals surface area contributed by atoms with Gasteiger partial charge in [-0.15, -0.1) is 5.10 Å². The van der Waals surface area contributed by atoms with E-state index < -0.39 is 0 Å². The predicted octanol–water partition coefficient (Wildman–Crippen LogP) is 0.482. The maximum atomic E-state index is 5.48. The summed E-state index contributed by atoms with van der Waals surface area (Å²) in [5, 5.41) is 9.88. The van der Waals surface area contributed by atoms with Gasteiger partial charge < -0.3 is 20.5 Å². The van der Waals surface area contributed by atoms with Crippen molar-refractivity contribution in [2.24, 2.45) is 0 Å². The predicted molar refractivity (Wildman–Crippen MR) is 83.9 cm³/mol. The van der Waals surface area contributed by atoms with Crippen molar-refractivity contribution in [2.75, 3.05) is 37.9 Å². The molecule has 0 aliphatic carbocycles. The van der Waals surface area contributed by atoms with Crippen LogP contribution in [0.4, 0.5) is 11.8 Å². The second kappa shape index (κ2) is 7.34. The maximum Gasteiger partial charge on any atom is 0.239 e. The fraction of sp³-hybridized carbons (Fsp3) is 0.571. The van der Waals surface area contributed by atoms with Crippen molar-refractivity contribution in [3.8, 4) is 0 Å². The molecule has 9 nitrogen and oxygen atoms in total. The Kier molecular flexibility index (Phi) is 4.99. The summed E-state index contributed by atoms with van der Waals surface area (Å²) in [6.07, 6.45) is 1.66. The monoisotopic (exact) mass is 319 g/mol. The van der Waals surface area contributed by atoms with Gasteiger partial charge in [0.25, 0.3) is 0 Å². The number of aromatic amines is 1. The molecule has 0 bridgehead atoms. The van der Waals surface area contributed by atoms with Crippen LogP contribution in [-0.2, 0) is 22.5 Å². The Balaban J connectivity index is 1.66. The molecule has 1 atom stereocenters. The first-order valence-electron chi connectivity index (χ1n) is 7.59. The summed E-state index contributed by atoms with van der Waals surface area (Å²) in [5.74, 6) is 2.77. The molecule has 3 rings (SSSR count). The van der Waals surface area contributed by atoms with Crippen molar-refractivity contribution in [2.45, 2.75) is 25.4 Å². The molecule has 23 heavy (non-hydrogen) atoms. The molecule has 1 unspecified atom stereocenters. The van der Waals surface area contributed by atoms with Gasteiger partial charge in [-0.3, -0.25) is 5.10 Å². The number of nitrogens with zero attached hydrogens (tertiary/aromatic N) is 4. The summed E-state index contributed by atoms with van der Waals surface area (Å²) >= 11 is 0. The fourth-order valence-corrected chi connectivity index (χ4v) is 2.51. The zero-order valence-electron chi connectivity index (χ0n) is 13.1. The number of ether oxygens (including phenoxy) is 2. The van der Waals surface area contributed by atoms with Crippen LogP contribution in [0.5, 0.6) is 0 Å². The zero-order valence-corrected chi connectivity index (χ0v) is 13.1. The van der Waals surface area contributed by atoms with Crippen LogP contribution < -0.4 is 11.1 Å². The number of H-pyrrole nitrogens is 1. The van der Waals surface area contributed by atoms with Crippen molar-refractivity contribution in [3.63, 3.8) is 0 Å². The van der Waals surface area contributed by atoms with Crippen molar-refractivity contribution in [1.82, 2.24) is 25.1 Å². The van der Waals surface area contributed by atoms with Crippen molar-refractivity contribution in [1.29, 1.82) is 0 Å². The summed E-state index contributed by atoms with van der Waals surface area (Å²) in [6.45, 7) is 2.54. The highest BCUT2D eigenvalue weighted by atomic mass is 16.5. The lowest BCUT2D eigenvalue weighted by atomic mass is 10.0. The van der Waals surface area contributed by atoms with Crippen LogP contribution >= 0.6 is 0 Å². The normalized spacial score (nSPS) is 17.5. The molecular formula is C14H21N7O2. The average molecular weight is 319 g/mol. The van der Waals surface area contributed by atoms with E-state index in [4.69, 9.17) is 15.2 Å². The maximum absolute atomic E-state index is 5.48. The molecule has 2 aromatic rings. The lowest BCUT2D eigenvalue weighted by molar-refractivity contribution is 0.177. The van der Waals surface area contributed by atoms with E-state index in [1.54, 1.807) is 7.11 Å². The van der Waals surface area contributed by atoms with Gasteiger partial charge in [0.1, 0.15) is 18.2 Å². The largest absolute Gasteiger partial charge is 0.381 e. The van der Waals surface area contributed by atoms with Gasteiger partial charge in [0, 0.05) is 38.7 Å². The van der Waals surface area contributed by atoms with Crippen LogP contribution in [0.25, 0.3) is 0 Å². The smallest absolute Gasteiger partial charge is 0.239 e. The molecule has 1 fully saturated rings. The van der Waals surface area contributed by atoms with Gasteiger partial charge >= 0.3 is 0 Å². The Hall–Kier alpha value is -2.26. The van der Waals surface area contributed by atoms with E-state index in [9.17, 15) is 0 Å². The number of aromatic nitrogens is 5. The molecule has 2 aromatic heterocycles. The van der Waals surface area contributed by atoms with Gasteiger partial charge in [-0.25, -0.2) is 9.97 Å². The Bertz CT molecular complexity index is 640. The second-order valence-electron chi connectivity index (χ2n) is 5.40. The fourth-order valence-electron chi connectivity index (χ4n) is 2.51. The van der Waals surface area contributed by atoms with Gasteiger partial charge in [-0.05, 0) is 6.42 Å². The molecule has 1 saturated heterocycles. The van der Waals surface area contributed by atoms with E-state index >= 15 is 0 Å². The van der Waals surface area contributed by atoms with Gasteiger partial charge in [0.2, 0.25) is 5.95 Å². The minimum absolute atomic E-state index is 0.257. The van der Waals surface area contributed by atoms with Crippen molar-refractivity contribution < 1.29 is 9.47 Å². The number of nitrogen functional groups attached to an aromatic ring is 1. The first kappa shape index (κ1) is 15.6. The molecular weight excluding hydrogens is 298 g/mol. The first-order valence-corrected chi connectivity index (χ1v) is 7.59. The lowest BCUT2D eigenvalue weighted by Crippen LogP contribution is -2.12. The summed E-state index contributed by atoms with van der Waals surface area (Å²) < 4.78 is 10.6. The van der Waals surface area contributed by atoms with Gasteiger partial charge in [0.05, 0.1) is 12.3 Å². The summed E-state index contributed by atoms with van der Waals surface area (Å²) in [4.78, 5) is 13.1. The number of hydrogen-bond acceptors (Lipinski definition) is 8. The molecule has 0 saturated carbocycles. The van der Waals surface area contributed by atoms with E-state index in [1.165, 1.54) is 0 Å². The third-order valence-corrected chi connectivity index (χ3v) is 3.63. The quantitative estimate of drug-likeness (QED) is 0.673. The Morgan fingerprint density at radius 2 is 2.35 bits per heavy atom. The minimum Gasteiger partial charge on any atom is -0.381 e. The Morgan fingerprint density at radius 3 is 3.04 bits per heavy atom. The highest BCUT2D eigenvalue weighted by Crippen LogP contribution is 2.25. The number of hydrogen-bond donors (Lipinski definition) is 3. The molecule has 9 heteroatoms. The Morgan fingerprint density at radius 1 is 1.43 bits per heavy atom. The number of nitrogens with two attached hydrogens (primary N) is 1. The standard InChI is InChI=1S/C14H21N7O2/c1-22-8-13-17-10(9-3-5-23-7-9)6-12(18-13)16-4-2-11-19-14(15)21-20-11/h6,9H,2-5,7-8H2,1H3,(H,16,17,18)(H3,15,19,20,21). The molecule has 124 valence electrons. The highest BCUT2D eigenvalue weighted by Gasteiger charge is 2.20.